The van der Waals surface area contributed by atoms with Crippen LogP contribution in [0, 0.1) is 5.82 Å². The van der Waals surface area contributed by atoms with Crippen LogP contribution in [0.1, 0.15) is 19.5 Å². The van der Waals surface area contributed by atoms with E-state index >= 15 is 0 Å². The van der Waals surface area contributed by atoms with E-state index in [1.165, 1.54) is 12.1 Å². The summed E-state index contributed by atoms with van der Waals surface area (Å²) in [5.41, 5.74) is 1.29. The molecule has 1 N–H and O–H groups in total. The number of aromatic nitrogens is 1. The number of halogens is 1. The Kier molecular flexibility index (Phi) is 6.29. The maximum atomic E-state index is 12.9. The van der Waals surface area contributed by atoms with Gasteiger partial charge in [0.05, 0.1) is 12.1 Å². The molecule has 5 nitrogen and oxygen atoms in total. The van der Waals surface area contributed by atoms with E-state index in [-0.39, 0.29) is 18.1 Å². The smallest absolute Gasteiger partial charge is 0.226 e. The molecule has 1 amide bonds. The van der Waals surface area contributed by atoms with Crippen LogP contribution in [0.3, 0.4) is 0 Å². The summed E-state index contributed by atoms with van der Waals surface area (Å²) in [6.07, 6.45) is 0.170. The third kappa shape index (κ3) is 5.17. The van der Waals surface area contributed by atoms with Crippen molar-refractivity contribution in [2.75, 3.05) is 26.2 Å². The number of rotatable bonds is 8. The zero-order valence-corrected chi connectivity index (χ0v) is 13.5. The van der Waals surface area contributed by atoms with Crippen molar-refractivity contribution in [1.82, 2.24) is 15.4 Å². The molecule has 6 heteroatoms. The summed E-state index contributed by atoms with van der Waals surface area (Å²) in [6.45, 7) is 7.57. The SMILES string of the molecule is CCN(CC)CCNC(=O)Cc1cc(-c2ccc(F)cc2)on1. The Balaban J connectivity index is 1.84. The second-order valence-electron chi connectivity index (χ2n) is 5.24. The van der Waals surface area contributed by atoms with Gasteiger partial charge in [0.15, 0.2) is 5.76 Å². The molecule has 1 aromatic carbocycles. The molecule has 1 aromatic heterocycles. The minimum absolute atomic E-state index is 0.0869. The Morgan fingerprint density at radius 3 is 2.61 bits per heavy atom. The van der Waals surface area contributed by atoms with Crippen LogP contribution in [0.15, 0.2) is 34.9 Å². The van der Waals surface area contributed by atoms with Crippen LogP contribution in [-0.2, 0) is 11.2 Å². The molecule has 1 heterocycles. The van der Waals surface area contributed by atoms with Crippen molar-refractivity contribution in [2.45, 2.75) is 20.3 Å². The van der Waals surface area contributed by atoms with Crippen LogP contribution in [0.4, 0.5) is 4.39 Å². The van der Waals surface area contributed by atoms with Crippen molar-refractivity contribution < 1.29 is 13.7 Å². The van der Waals surface area contributed by atoms with E-state index in [4.69, 9.17) is 4.52 Å². The number of benzene rings is 1. The van der Waals surface area contributed by atoms with Crippen LogP contribution in [0.2, 0.25) is 0 Å². The van der Waals surface area contributed by atoms with Crippen LogP contribution in [0.25, 0.3) is 11.3 Å². The molecular weight excluding hydrogens is 297 g/mol. The van der Waals surface area contributed by atoms with Gasteiger partial charge in [-0.1, -0.05) is 19.0 Å². The lowest BCUT2D eigenvalue weighted by Crippen LogP contribution is -2.35. The highest BCUT2D eigenvalue weighted by atomic mass is 19.1. The Bertz CT molecular complexity index is 621. The summed E-state index contributed by atoms with van der Waals surface area (Å²) in [6, 6.07) is 7.65. The van der Waals surface area contributed by atoms with Crippen molar-refractivity contribution >= 4 is 5.91 Å². The molecule has 0 radical (unpaired) electrons. The molecule has 124 valence electrons. The predicted octanol–water partition coefficient (Wildman–Crippen LogP) is 2.48. The van der Waals surface area contributed by atoms with Gasteiger partial charge in [0, 0.05) is 24.7 Å². The summed E-state index contributed by atoms with van der Waals surface area (Å²) in [5.74, 6) is 0.133. The van der Waals surface area contributed by atoms with E-state index in [2.05, 4.69) is 29.2 Å². The molecule has 0 saturated heterocycles. The molecule has 0 atom stereocenters. The third-order valence-corrected chi connectivity index (χ3v) is 3.67. The van der Waals surface area contributed by atoms with Crippen molar-refractivity contribution in [3.05, 3.63) is 41.8 Å². The average Bonchev–Trinajstić information content (AvgIpc) is 3.00. The third-order valence-electron chi connectivity index (χ3n) is 3.67. The van der Waals surface area contributed by atoms with E-state index in [1.54, 1.807) is 18.2 Å². The van der Waals surface area contributed by atoms with E-state index in [9.17, 15) is 9.18 Å². The Morgan fingerprint density at radius 1 is 1.26 bits per heavy atom. The Hall–Kier alpha value is -2.21. The summed E-state index contributed by atoms with van der Waals surface area (Å²) in [5, 5.41) is 6.77. The molecule has 0 aliphatic heterocycles. The molecule has 2 rings (SSSR count). The highest BCUT2D eigenvalue weighted by Gasteiger charge is 2.11. The van der Waals surface area contributed by atoms with Crippen molar-refractivity contribution in [3.8, 4) is 11.3 Å². The number of carbonyl (C=O) groups excluding carboxylic acids is 1. The van der Waals surface area contributed by atoms with Gasteiger partial charge in [-0.25, -0.2) is 4.39 Å². The number of amides is 1. The number of nitrogens with zero attached hydrogens (tertiary/aromatic N) is 2. The topological polar surface area (TPSA) is 58.4 Å². The molecule has 0 bridgehead atoms. The molecule has 0 aliphatic rings. The Labute approximate surface area is 135 Å². The van der Waals surface area contributed by atoms with E-state index < -0.39 is 0 Å². The van der Waals surface area contributed by atoms with E-state index in [0.717, 1.165) is 25.2 Å². The lowest BCUT2D eigenvalue weighted by Gasteiger charge is -2.17. The summed E-state index contributed by atoms with van der Waals surface area (Å²) >= 11 is 0. The lowest BCUT2D eigenvalue weighted by molar-refractivity contribution is -0.120. The van der Waals surface area contributed by atoms with Gasteiger partial charge in [-0.05, 0) is 37.4 Å². The fraction of sp³-hybridized carbons (Fsp3) is 0.412. The molecule has 0 unspecified atom stereocenters. The maximum absolute atomic E-state index is 12.9. The second kappa shape index (κ2) is 8.43. The van der Waals surface area contributed by atoms with Crippen LogP contribution in [0.5, 0.6) is 0 Å². The number of hydrogen-bond donors (Lipinski definition) is 1. The standard InChI is InChI=1S/C17H22FN3O2/c1-3-21(4-2)10-9-19-17(22)12-15-11-16(23-20-15)13-5-7-14(18)8-6-13/h5-8,11H,3-4,9-10,12H2,1-2H3,(H,19,22). The monoisotopic (exact) mass is 319 g/mol. The largest absolute Gasteiger partial charge is 0.356 e. The normalized spacial score (nSPS) is 11.0. The number of nitrogens with one attached hydrogen (secondary N) is 1. The fourth-order valence-corrected chi connectivity index (χ4v) is 2.27. The summed E-state index contributed by atoms with van der Waals surface area (Å²) in [4.78, 5) is 14.1. The van der Waals surface area contributed by atoms with Gasteiger partial charge < -0.3 is 14.7 Å². The second-order valence-corrected chi connectivity index (χ2v) is 5.24. The van der Waals surface area contributed by atoms with Crippen molar-refractivity contribution in [1.29, 1.82) is 0 Å². The van der Waals surface area contributed by atoms with Gasteiger partial charge >= 0.3 is 0 Å². The molecule has 2 aromatic rings. The molecular formula is C17H22FN3O2. The molecule has 0 spiro atoms. The van der Waals surface area contributed by atoms with Crippen molar-refractivity contribution in [3.63, 3.8) is 0 Å². The number of hydrogen-bond acceptors (Lipinski definition) is 4. The van der Waals surface area contributed by atoms with E-state index in [1.807, 2.05) is 0 Å². The van der Waals surface area contributed by atoms with Crippen LogP contribution < -0.4 is 5.32 Å². The van der Waals surface area contributed by atoms with Crippen molar-refractivity contribution in [2.24, 2.45) is 0 Å². The van der Waals surface area contributed by atoms with Crippen LogP contribution >= 0.6 is 0 Å². The predicted molar refractivity (Wildman–Crippen MR) is 86.4 cm³/mol. The van der Waals surface area contributed by atoms with Gasteiger partial charge in [0.1, 0.15) is 5.82 Å². The first kappa shape index (κ1) is 17.1. The first-order valence-corrected chi connectivity index (χ1v) is 7.83. The van der Waals surface area contributed by atoms with E-state index in [0.29, 0.717) is 18.0 Å². The van der Waals surface area contributed by atoms with Crippen LogP contribution in [-0.4, -0.2) is 42.1 Å². The molecule has 0 saturated carbocycles. The first-order valence-electron chi connectivity index (χ1n) is 7.83. The van der Waals surface area contributed by atoms with Gasteiger partial charge in [-0.15, -0.1) is 0 Å². The van der Waals surface area contributed by atoms with Gasteiger partial charge in [-0.3, -0.25) is 4.79 Å². The molecule has 0 aliphatic carbocycles. The maximum Gasteiger partial charge on any atom is 0.226 e. The minimum atomic E-state index is -0.305. The van der Waals surface area contributed by atoms with Gasteiger partial charge in [-0.2, -0.15) is 0 Å². The average molecular weight is 319 g/mol. The Morgan fingerprint density at radius 2 is 1.96 bits per heavy atom. The lowest BCUT2D eigenvalue weighted by atomic mass is 10.1. The number of likely N-dealkylation sites (N-methyl/N-ethyl adjacent to an activating group) is 1. The molecule has 23 heavy (non-hydrogen) atoms. The van der Waals surface area contributed by atoms with Gasteiger partial charge in [0.2, 0.25) is 5.91 Å². The highest BCUT2D eigenvalue weighted by Crippen LogP contribution is 2.20. The summed E-state index contributed by atoms with van der Waals surface area (Å²) in [7, 11) is 0. The zero-order valence-electron chi connectivity index (χ0n) is 13.5. The van der Waals surface area contributed by atoms with Gasteiger partial charge in [0.25, 0.3) is 0 Å². The zero-order chi connectivity index (χ0) is 16.7. The minimum Gasteiger partial charge on any atom is -0.356 e. The summed E-state index contributed by atoms with van der Waals surface area (Å²) < 4.78 is 18.1. The number of carbonyl (C=O) groups is 1. The fourth-order valence-electron chi connectivity index (χ4n) is 2.27. The molecule has 0 fully saturated rings. The quantitative estimate of drug-likeness (QED) is 0.812. The highest BCUT2D eigenvalue weighted by molar-refractivity contribution is 5.78. The first-order chi connectivity index (χ1) is 11.1.